The molecule has 1 aromatic rings. The average Bonchev–Trinajstić information content (AvgIpc) is 2.12. The Morgan fingerprint density at radius 1 is 1.46 bits per heavy atom. The van der Waals surface area contributed by atoms with Crippen molar-refractivity contribution in [1.82, 2.24) is 3.93 Å². The van der Waals surface area contributed by atoms with Gasteiger partial charge in [0.15, 0.2) is 0 Å². The van der Waals surface area contributed by atoms with Gasteiger partial charge in [0.1, 0.15) is 5.75 Å². The Morgan fingerprint density at radius 3 is 3.00 bits per heavy atom. The molecule has 0 amide bonds. The third-order valence-corrected chi connectivity index (χ3v) is 3.30. The summed E-state index contributed by atoms with van der Waals surface area (Å²) in [6.07, 6.45) is 0.973. The summed E-state index contributed by atoms with van der Waals surface area (Å²) in [6, 6.07) is 3.60. The predicted octanol–water partition coefficient (Wildman–Crippen LogP) is 2.71. The largest absolute Gasteiger partial charge is 0.506 e. The molecule has 2 nitrogen and oxygen atoms in total. The smallest absolute Gasteiger partial charge is 0.134 e. The van der Waals surface area contributed by atoms with Crippen LogP contribution in [0, 0.1) is 0 Å². The summed E-state index contributed by atoms with van der Waals surface area (Å²) < 4.78 is 2.01. The first kappa shape index (κ1) is 9.31. The molecule has 0 saturated heterocycles. The number of aromatic hydroxyl groups is 1. The highest BCUT2D eigenvalue weighted by Gasteiger charge is 2.18. The number of hydrogen-bond donors (Lipinski definition) is 1. The van der Waals surface area contributed by atoms with Crippen LogP contribution in [0.15, 0.2) is 12.1 Å². The van der Waals surface area contributed by atoms with Crippen molar-refractivity contribution >= 4 is 27.7 Å². The minimum absolute atomic E-state index is 0.170. The second kappa shape index (κ2) is 3.48. The van der Waals surface area contributed by atoms with Gasteiger partial charge < -0.3 is 5.11 Å². The van der Waals surface area contributed by atoms with E-state index in [1.54, 1.807) is 6.07 Å². The molecule has 70 valence electrons. The molecule has 0 bridgehead atoms. The van der Waals surface area contributed by atoms with Crippen molar-refractivity contribution < 1.29 is 5.11 Å². The monoisotopic (exact) mass is 261 g/mol. The van der Waals surface area contributed by atoms with Crippen LogP contribution in [0.25, 0.3) is 0 Å². The molecule has 1 N–H and O–H groups in total. The van der Waals surface area contributed by atoms with Gasteiger partial charge >= 0.3 is 0 Å². The summed E-state index contributed by atoms with van der Waals surface area (Å²) >= 11 is 9.39. The highest BCUT2D eigenvalue weighted by Crippen LogP contribution is 2.33. The van der Waals surface area contributed by atoms with Crippen LogP contribution < -0.4 is 0 Å². The first-order valence-electron chi connectivity index (χ1n) is 4.08. The normalized spacial score (nSPS) is 17.1. The van der Waals surface area contributed by atoms with Crippen LogP contribution in [-0.4, -0.2) is 15.6 Å². The van der Waals surface area contributed by atoms with Crippen molar-refractivity contribution in [3.8, 4) is 5.75 Å². The van der Waals surface area contributed by atoms with Gasteiger partial charge in [-0.25, -0.2) is 3.93 Å². The van der Waals surface area contributed by atoms with Crippen molar-refractivity contribution in [2.45, 2.75) is 13.0 Å². The maximum Gasteiger partial charge on any atom is 0.134 e. The molecule has 0 fully saturated rings. The maximum atomic E-state index is 9.40. The first-order valence-corrected chi connectivity index (χ1v) is 5.17. The zero-order valence-corrected chi connectivity index (χ0v) is 9.27. The summed E-state index contributed by atoms with van der Waals surface area (Å²) in [4.78, 5) is 0. The van der Waals surface area contributed by atoms with E-state index in [-0.39, 0.29) is 5.75 Å². The highest BCUT2D eigenvalue weighted by molar-refractivity contribution is 9.07. The van der Waals surface area contributed by atoms with Gasteiger partial charge in [-0.1, -0.05) is 17.7 Å². The molecule has 0 radical (unpaired) electrons. The van der Waals surface area contributed by atoms with Crippen LogP contribution in [0.1, 0.15) is 11.1 Å². The highest BCUT2D eigenvalue weighted by atomic mass is 79.9. The number of halogens is 2. The lowest BCUT2D eigenvalue weighted by molar-refractivity contribution is 0.448. The SMILES string of the molecule is Oc1ccc2c(c1Cl)CN(Br)CC2. The van der Waals surface area contributed by atoms with E-state index >= 15 is 0 Å². The summed E-state index contributed by atoms with van der Waals surface area (Å²) in [6.45, 7) is 1.73. The Morgan fingerprint density at radius 2 is 2.23 bits per heavy atom. The Balaban J connectivity index is 2.48. The fraction of sp³-hybridized carbons (Fsp3) is 0.333. The number of phenols is 1. The zero-order chi connectivity index (χ0) is 9.42. The van der Waals surface area contributed by atoms with E-state index in [9.17, 15) is 5.11 Å². The summed E-state index contributed by atoms with van der Waals surface area (Å²) in [5.41, 5.74) is 2.27. The van der Waals surface area contributed by atoms with E-state index in [2.05, 4.69) is 16.1 Å². The van der Waals surface area contributed by atoms with Gasteiger partial charge in [-0.3, -0.25) is 0 Å². The van der Waals surface area contributed by atoms with E-state index in [4.69, 9.17) is 11.6 Å². The molecule has 1 aliphatic rings. The van der Waals surface area contributed by atoms with Gasteiger partial charge in [0.2, 0.25) is 0 Å². The fourth-order valence-corrected chi connectivity index (χ4v) is 2.22. The lowest BCUT2D eigenvalue weighted by Crippen LogP contribution is -2.21. The van der Waals surface area contributed by atoms with E-state index in [0.717, 1.165) is 25.1 Å². The van der Waals surface area contributed by atoms with Crippen LogP contribution in [0.4, 0.5) is 0 Å². The van der Waals surface area contributed by atoms with E-state index < -0.39 is 0 Å². The van der Waals surface area contributed by atoms with Crippen LogP contribution >= 0.6 is 27.7 Å². The van der Waals surface area contributed by atoms with Crippen LogP contribution in [-0.2, 0) is 13.0 Å². The zero-order valence-electron chi connectivity index (χ0n) is 6.93. The molecule has 0 spiro atoms. The molecular formula is C9H9BrClNO. The number of phenolic OH excluding ortho intramolecular Hbond substituents is 1. The predicted molar refractivity (Wildman–Crippen MR) is 56.2 cm³/mol. The minimum Gasteiger partial charge on any atom is -0.506 e. The van der Waals surface area contributed by atoms with E-state index in [0.29, 0.717) is 5.02 Å². The number of nitrogens with zero attached hydrogens (tertiary/aromatic N) is 1. The van der Waals surface area contributed by atoms with Crippen LogP contribution in [0.2, 0.25) is 5.02 Å². The molecule has 4 heteroatoms. The Labute approximate surface area is 90.5 Å². The quantitative estimate of drug-likeness (QED) is 0.727. The minimum atomic E-state index is 0.170. The van der Waals surface area contributed by atoms with Crippen molar-refractivity contribution in [3.63, 3.8) is 0 Å². The van der Waals surface area contributed by atoms with Crippen molar-refractivity contribution in [3.05, 3.63) is 28.3 Å². The van der Waals surface area contributed by atoms with Gasteiger partial charge in [0, 0.05) is 29.2 Å². The van der Waals surface area contributed by atoms with Crippen molar-refractivity contribution in [2.24, 2.45) is 0 Å². The lowest BCUT2D eigenvalue weighted by atomic mass is 10.0. The number of rotatable bonds is 0. The second-order valence-corrected chi connectivity index (χ2v) is 4.51. The molecule has 0 saturated carbocycles. The number of hydrogen-bond acceptors (Lipinski definition) is 2. The fourth-order valence-electron chi connectivity index (χ4n) is 1.55. The number of fused-ring (bicyclic) bond motifs is 1. The third kappa shape index (κ3) is 1.68. The molecule has 13 heavy (non-hydrogen) atoms. The Bertz CT molecular complexity index is 343. The topological polar surface area (TPSA) is 23.5 Å². The molecule has 1 heterocycles. The molecule has 0 aromatic heterocycles. The van der Waals surface area contributed by atoms with Gasteiger partial charge in [-0.05, 0) is 23.6 Å². The van der Waals surface area contributed by atoms with E-state index in [1.165, 1.54) is 5.56 Å². The molecule has 0 atom stereocenters. The summed E-state index contributed by atoms with van der Waals surface area (Å²) in [5, 5.41) is 9.88. The van der Waals surface area contributed by atoms with E-state index in [1.807, 2.05) is 9.99 Å². The molecule has 1 aromatic carbocycles. The van der Waals surface area contributed by atoms with Crippen molar-refractivity contribution in [1.29, 1.82) is 0 Å². The van der Waals surface area contributed by atoms with Gasteiger partial charge in [-0.15, -0.1) is 0 Å². The van der Waals surface area contributed by atoms with Gasteiger partial charge in [-0.2, -0.15) is 0 Å². The number of benzene rings is 1. The molecule has 0 unspecified atom stereocenters. The Kier molecular flexibility index (Phi) is 2.49. The maximum absolute atomic E-state index is 9.40. The van der Waals surface area contributed by atoms with Gasteiger partial charge in [0.05, 0.1) is 5.02 Å². The van der Waals surface area contributed by atoms with Crippen molar-refractivity contribution in [2.75, 3.05) is 6.54 Å². The molecule has 1 aliphatic heterocycles. The first-order chi connectivity index (χ1) is 6.18. The van der Waals surface area contributed by atoms with Gasteiger partial charge in [0.25, 0.3) is 0 Å². The lowest BCUT2D eigenvalue weighted by Gasteiger charge is -2.24. The third-order valence-electron chi connectivity index (χ3n) is 2.27. The Hall–Kier alpha value is -0.250. The van der Waals surface area contributed by atoms with Crippen LogP contribution in [0.5, 0.6) is 5.75 Å². The summed E-state index contributed by atoms with van der Waals surface area (Å²) in [7, 11) is 0. The second-order valence-electron chi connectivity index (χ2n) is 3.13. The molecule has 0 aliphatic carbocycles. The van der Waals surface area contributed by atoms with Crippen LogP contribution in [0.3, 0.4) is 0 Å². The standard InChI is InChI=1S/C9H9BrClNO/c10-12-4-3-6-1-2-8(13)9(11)7(6)5-12/h1-2,13H,3-5H2. The average molecular weight is 263 g/mol. The molecule has 2 rings (SSSR count). The summed E-state index contributed by atoms with van der Waals surface area (Å²) in [5.74, 6) is 0.170. The molecular weight excluding hydrogens is 253 g/mol.